The van der Waals surface area contributed by atoms with Gasteiger partial charge in [-0.15, -0.1) is 0 Å². The van der Waals surface area contributed by atoms with Crippen molar-refractivity contribution in [1.29, 1.82) is 0 Å². The molecule has 0 radical (unpaired) electrons. The third kappa shape index (κ3) is 5.67. The van der Waals surface area contributed by atoms with Crippen LogP contribution < -0.4 is 14.8 Å². The van der Waals surface area contributed by atoms with Crippen molar-refractivity contribution in [2.75, 3.05) is 53.6 Å². The second-order valence-corrected chi connectivity index (χ2v) is 9.08. The Morgan fingerprint density at radius 3 is 2.62 bits per heavy atom. The van der Waals surface area contributed by atoms with Gasteiger partial charge in [0, 0.05) is 32.7 Å². The minimum atomic E-state index is -3.75. The van der Waals surface area contributed by atoms with E-state index >= 15 is 0 Å². The lowest BCUT2D eigenvalue weighted by Gasteiger charge is -2.36. The molecule has 2 atom stereocenters. The zero-order valence-electron chi connectivity index (χ0n) is 17.0. The normalized spacial score (nSPS) is 25.4. The van der Waals surface area contributed by atoms with E-state index in [2.05, 4.69) is 14.9 Å². The molecule has 0 bridgehead atoms. The summed E-state index contributed by atoms with van der Waals surface area (Å²) in [7, 11) is -0.736. The van der Waals surface area contributed by atoms with E-state index in [4.69, 9.17) is 9.47 Å². The smallest absolute Gasteiger partial charge is 0.280 e. The molecule has 1 amide bonds. The number of methoxy groups -OCH3 is 1. The summed E-state index contributed by atoms with van der Waals surface area (Å²) in [5, 5.41) is 2.90. The molecule has 3 rings (SSSR count). The summed E-state index contributed by atoms with van der Waals surface area (Å²) >= 11 is 0. The van der Waals surface area contributed by atoms with Crippen LogP contribution in [0.5, 0.6) is 5.75 Å². The van der Waals surface area contributed by atoms with Gasteiger partial charge >= 0.3 is 0 Å². The largest absolute Gasteiger partial charge is 0.497 e. The first-order valence-corrected chi connectivity index (χ1v) is 11.3. The number of ether oxygens (including phenoxy) is 2. The first-order chi connectivity index (χ1) is 13.9. The predicted molar refractivity (Wildman–Crippen MR) is 109 cm³/mol. The molecule has 9 nitrogen and oxygen atoms in total. The van der Waals surface area contributed by atoms with Gasteiger partial charge in [-0.25, -0.2) is 0 Å². The van der Waals surface area contributed by atoms with Crippen LogP contribution in [0.25, 0.3) is 0 Å². The van der Waals surface area contributed by atoms with E-state index in [0.717, 1.165) is 49.1 Å². The lowest BCUT2D eigenvalue weighted by atomic mass is 9.99. The first-order valence-electron chi connectivity index (χ1n) is 9.88. The van der Waals surface area contributed by atoms with Crippen LogP contribution in [0, 0.1) is 0 Å². The molecule has 2 aliphatic heterocycles. The average Bonchev–Trinajstić information content (AvgIpc) is 2.73. The fourth-order valence-electron chi connectivity index (χ4n) is 3.62. The maximum atomic E-state index is 12.7. The van der Waals surface area contributed by atoms with Crippen LogP contribution in [0.2, 0.25) is 0 Å². The quantitative estimate of drug-likeness (QED) is 0.601. The lowest BCUT2D eigenvalue weighted by Crippen LogP contribution is -2.57. The molecule has 2 heterocycles. The summed E-state index contributed by atoms with van der Waals surface area (Å²) in [5.41, 5.74) is 0.799. The van der Waals surface area contributed by atoms with E-state index in [0.29, 0.717) is 18.7 Å². The zero-order valence-corrected chi connectivity index (χ0v) is 17.8. The molecule has 0 aliphatic carbocycles. The number of nitrogens with zero attached hydrogens (tertiary/aromatic N) is 2. The van der Waals surface area contributed by atoms with Crippen LogP contribution in [0.3, 0.4) is 0 Å². The number of amides is 1. The van der Waals surface area contributed by atoms with E-state index in [9.17, 15) is 13.2 Å². The third-order valence-electron chi connectivity index (χ3n) is 5.44. The number of morpholine rings is 1. The monoisotopic (exact) mass is 426 g/mol. The molecule has 2 saturated heterocycles. The van der Waals surface area contributed by atoms with Crippen molar-refractivity contribution in [3.05, 3.63) is 29.8 Å². The molecule has 2 aliphatic rings. The van der Waals surface area contributed by atoms with Crippen LogP contribution in [0.4, 0.5) is 0 Å². The molecule has 0 spiro atoms. The molecule has 1 aromatic carbocycles. The maximum Gasteiger partial charge on any atom is 0.280 e. The van der Waals surface area contributed by atoms with E-state index in [1.165, 1.54) is 7.05 Å². The fourth-order valence-corrected chi connectivity index (χ4v) is 4.89. The highest BCUT2D eigenvalue weighted by Crippen LogP contribution is 2.28. The summed E-state index contributed by atoms with van der Waals surface area (Å²) in [6.45, 7) is 4.72. The second kappa shape index (κ2) is 9.86. The van der Waals surface area contributed by atoms with Gasteiger partial charge in [0.1, 0.15) is 11.8 Å². The Morgan fingerprint density at radius 1 is 1.28 bits per heavy atom. The van der Waals surface area contributed by atoms with Gasteiger partial charge in [-0.1, -0.05) is 12.1 Å². The summed E-state index contributed by atoms with van der Waals surface area (Å²) < 4.78 is 39.3. The van der Waals surface area contributed by atoms with Gasteiger partial charge in [-0.3, -0.25) is 9.69 Å². The summed E-state index contributed by atoms with van der Waals surface area (Å²) in [6, 6.07) is 5.97. The van der Waals surface area contributed by atoms with Crippen LogP contribution in [0.15, 0.2) is 24.3 Å². The predicted octanol–water partition coefficient (Wildman–Crippen LogP) is 0.113. The highest BCUT2D eigenvalue weighted by Gasteiger charge is 2.40. The molecule has 2 fully saturated rings. The van der Waals surface area contributed by atoms with Gasteiger partial charge in [0.25, 0.3) is 10.2 Å². The Labute approximate surface area is 172 Å². The number of nitrogens with one attached hydrogen (secondary N) is 2. The second-order valence-electron chi connectivity index (χ2n) is 7.31. The van der Waals surface area contributed by atoms with E-state index in [1.54, 1.807) is 19.2 Å². The van der Waals surface area contributed by atoms with Gasteiger partial charge in [-0.2, -0.15) is 17.4 Å². The number of benzene rings is 1. The Morgan fingerprint density at radius 2 is 1.97 bits per heavy atom. The van der Waals surface area contributed by atoms with Crippen LogP contribution in [-0.2, 0) is 19.7 Å². The molecule has 10 heteroatoms. The number of rotatable bonds is 7. The molecule has 29 heavy (non-hydrogen) atoms. The van der Waals surface area contributed by atoms with Crippen molar-refractivity contribution in [3.63, 3.8) is 0 Å². The lowest BCUT2D eigenvalue weighted by molar-refractivity contribution is -0.125. The maximum absolute atomic E-state index is 12.7. The molecular formula is C19H30N4O5S. The third-order valence-corrected chi connectivity index (χ3v) is 7.04. The first kappa shape index (κ1) is 22.0. The standard InChI is InChI=1S/C19H30N4O5S/c1-22-18(19(24)20-8-3-9-23-10-12-28-13-11-23)14-17(21-29(22,25)26)15-4-6-16(27-2)7-5-15/h4-7,17-18,21H,3,8-14H2,1-2H3,(H,20,24). The van der Waals surface area contributed by atoms with Crippen molar-refractivity contribution in [2.24, 2.45) is 0 Å². The highest BCUT2D eigenvalue weighted by atomic mass is 32.2. The molecule has 2 unspecified atom stereocenters. The summed E-state index contributed by atoms with van der Waals surface area (Å²) in [6.07, 6.45) is 1.17. The Hall–Kier alpha value is -1.72. The van der Waals surface area contributed by atoms with Crippen molar-refractivity contribution >= 4 is 16.1 Å². The van der Waals surface area contributed by atoms with Crippen LogP contribution in [-0.4, -0.2) is 83.1 Å². The van der Waals surface area contributed by atoms with Gasteiger partial charge in [-0.05, 0) is 37.1 Å². The molecule has 1 aromatic rings. The van der Waals surface area contributed by atoms with Gasteiger partial charge in [0.05, 0.1) is 20.3 Å². The number of carbonyl (C=O) groups excluding carboxylic acids is 1. The van der Waals surface area contributed by atoms with E-state index in [1.807, 2.05) is 12.1 Å². The van der Waals surface area contributed by atoms with Crippen molar-refractivity contribution in [2.45, 2.75) is 24.9 Å². The van der Waals surface area contributed by atoms with Crippen molar-refractivity contribution in [3.8, 4) is 5.75 Å². The average molecular weight is 427 g/mol. The molecule has 2 N–H and O–H groups in total. The number of likely N-dealkylation sites (N-methyl/N-ethyl adjacent to an activating group) is 1. The van der Waals surface area contributed by atoms with Gasteiger partial charge < -0.3 is 14.8 Å². The fraction of sp³-hybridized carbons (Fsp3) is 0.632. The minimum Gasteiger partial charge on any atom is -0.497 e. The Bertz CT molecular complexity index is 780. The van der Waals surface area contributed by atoms with Gasteiger partial charge in [0.15, 0.2) is 0 Å². The molecular weight excluding hydrogens is 396 g/mol. The zero-order chi connectivity index (χ0) is 20.9. The van der Waals surface area contributed by atoms with Crippen LogP contribution in [0.1, 0.15) is 24.4 Å². The van der Waals surface area contributed by atoms with Crippen LogP contribution >= 0.6 is 0 Å². The number of carbonyl (C=O) groups is 1. The Kier molecular flexibility index (Phi) is 7.47. The summed E-state index contributed by atoms with van der Waals surface area (Å²) in [4.78, 5) is 15.0. The van der Waals surface area contributed by atoms with Crippen molar-refractivity contribution < 1.29 is 22.7 Å². The number of hydrogen-bond donors (Lipinski definition) is 2. The Balaban J connectivity index is 1.57. The molecule has 0 aromatic heterocycles. The number of hydrogen-bond acceptors (Lipinski definition) is 6. The summed E-state index contributed by atoms with van der Waals surface area (Å²) in [5.74, 6) is 0.428. The minimum absolute atomic E-state index is 0.266. The van der Waals surface area contributed by atoms with E-state index in [-0.39, 0.29) is 5.91 Å². The topological polar surface area (TPSA) is 100 Å². The molecule has 0 saturated carbocycles. The molecule has 162 valence electrons. The SMILES string of the molecule is COc1ccc(C2CC(C(=O)NCCCN3CCOCC3)N(C)S(=O)(=O)N2)cc1. The van der Waals surface area contributed by atoms with Gasteiger partial charge in [0.2, 0.25) is 5.91 Å². The highest BCUT2D eigenvalue weighted by molar-refractivity contribution is 7.87. The van der Waals surface area contributed by atoms with Crippen molar-refractivity contribution in [1.82, 2.24) is 19.2 Å². The van der Waals surface area contributed by atoms with E-state index < -0.39 is 22.3 Å².